The molecule has 0 saturated carbocycles. The first-order valence-electron chi connectivity index (χ1n) is 7.96. The zero-order chi connectivity index (χ0) is 17.8. The molecule has 0 aliphatic carbocycles. The molecule has 0 amide bonds. The first-order chi connectivity index (χ1) is 12.1. The van der Waals surface area contributed by atoms with Crippen LogP contribution in [0.1, 0.15) is 28.8 Å². The quantitative estimate of drug-likeness (QED) is 0.660. The second-order valence-corrected chi connectivity index (χ2v) is 6.02. The van der Waals surface area contributed by atoms with Crippen LogP contribution in [0.2, 0.25) is 5.02 Å². The number of esters is 1. The lowest BCUT2D eigenvalue weighted by molar-refractivity contribution is -0.135. The number of halogens is 1. The maximum atomic E-state index is 12.9. The van der Waals surface area contributed by atoms with Crippen molar-refractivity contribution in [2.24, 2.45) is 5.10 Å². The van der Waals surface area contributed by atoms with Gasteiger partial charge in [-0.2, -0.15) is 5.10 Å². The summed E-state index contributed by atoms with van der Waals surface area (Å²) >= 11 is 5.89. The molecule has 0 unspecified atom stereocenters. The van der Waals surface area contributed by atoms with E-state index in [-0.39, 0.29) is 18.1 Å². The Morgan fingerprint density at radius 2 is 1.80 bits per heavy atom. The van der Waals surface area contributed by atoms with Crippen LogP contribution in [0.25, 0.3) is 0 Å². The molecule has 25 heavy (non-hydrogen) atoms. The van der Waals surface area contributed by atoms with E-state index in [1.165, 1.54) is 0 Å². The Hall–Kier alpha value is -2.66. The topological polar surface area (TPSA) is 67.8 Å². The van der Waals surface area contributed by atoms with Crippen molar-refractivity contribution in [3.63, 3.8) is 0 Å². The maximum Gasteiger partial charge on any atom is 0.355 e. The van der Waals surface area contributed by atoms with E-state index in [4.69, 9.17) is 16.3 Å². The summed E-state index contributed by atoms with van der Waals surface area (Å²) in [6.07, 6.45) is 0. The Bertz CT molecular complexity index is 803. The highest BCUT2D eigenvalue weighted by atomic mass is 35.5. The molecule has 1 N–H and O–H groups in total. The van der Waals surface area contributed by atoms with Crippen molar-refractivity contribution >= 4 is 29.1 Å². The lowest BCUT2D eigenvalue weighted by Crippen LogP contribution is -2.37. The number of hydrazone groups is 1. The molecule has 0 saturated heterocycles. The second-order valence-electron chi connectivity index (χ2n) is 5.58. The second kappa shape index (κ2) is 7.49. The van der Waals surface area contributed by atoms with Crippen LogP contribution in [-0.2, 0) is 9.53 Å². The van der Waals surface area contributed by atoms with Gasteiger partial charge in [0, 0.05) is 10.6 Å². The minimum absolute atomic E-state index is 0.159. The molecule has 128 valence electrons. The summed E-state index contributed by atoms with van der Waals surface area (Å²) < 4.78 is 5.09. The summed E-state index contributed by atoms with van der Waals surface area (Å²) in [5, 5.41) is 4.66. The molecule has 5 nitrogen and oxygen atoms in total. The van der Waals surface area contributed by atoms with Crippen LogP contribution in [0.4, 0.5) is 0 Å². The van der Waals surface area contributed by atoms with Gasteiger partial charge >= 0.3 is 5.97 Å². The molecule has 0 radical (unpaired) electrons. The molecule has 0 aromatic heterocycles. The first kappa shape index (κ1) is 17.2. The van der Waals surface area contributed by atoms with Gasteiger partial charge in [0.2, 0.25) is 0 Å². The molecular formula is C19H17ClN2O3. The normalized spacial score (nSPS) is 19.0. The van der Waals surface area contributed by atoms with Gasteiger partial charge in [-0.05, 0) is 36.8 Å². The molecule has 0 spiro atoms. The monoisotopic (exact) mass is 356 g/mol. The Kier molecular flexibility index (Phi) is 5.14. The smallest absolute Gasteiger partial charge is 0.355 e. The summed E-state index contributed by atoms with van der Waals surface area (Å²) in [5.74, 6) is -1.19. The number of nitrogens with one attached hydrogen (secondary N) is 1. The molecule has 2 atom stereocenters. The molecule has 2 aromatic carbocycles. The number of carbonyl (C=O) groups is 2. The predicted octanol–water partition coefficient (Wildman–Crippen LogP) is 3.20. The number of nitrogens with zero attached hydrogens (tertiary/aromatic N) is 1. The third-order valence-corrected chi connectivity index (χ3v) is 4.26. The number of ether oxygens (including phenoxy) is 1. The molecular weight excluding hydrogens is 340 g/mol. The van der Waals surface area contributed by atoms with Crippen molar-refractivity contribution in [2.45, 2.75) is 18.9 Å². The van der Waals surface area contributed by atoms with Crippen molar-refractivity contribution in [1.29, 1.82) is 0 Å². The van der Waals surface area contributed by atoms with Gasteiger partial charge in [0.1, 0.15) is 6.04 Å². The highest BCUT2D eigenvalue weighted by Gasteiger charge is 2.41. The summed E-state index contributed by atoms with van der Waals surface area (Å²) in [6.45, 7) is 1.98. The largest absolute Gasteiger partial charge is 0.461 e. The fourth-order valence-electron chi connectivity index (χ4n) is 2.83. The van der Waals surface area contributed by atoms with Gasteiger partial charge < -0.3 is 4.74 Å². The Morgan fingerprint density at radius 3 is 2.44 bits per heavy atom. The van der Waals surface area contributed by atoms with Gasteiger partial charge in [-0.3, -0.25) is 10.2 Å². The minimum atomic E-state index is -0.678. The van der Waals surface area contributed by atoms with Crippen molar-refractivity contribution in [1.82, 2.24) is 5.43 Å². The molecule has 6 heteroatoms. The highest BCUT2D eigenvalue weighted by molar-refractivity contribution is 6.40. The predicted molar refractivity (Wildman–Crippen MR) is 96.0 cm³/mol. The van der Waals surface area contributed by atoms with E-state index >= 15 is 0 Å². The number of hydrogen-bond donors (Lipinski definition) is 1. The zero-order valence-corrected chi connectivity index (χ0v) is 14.4. The number of ketones is 1. The van der Waals surface area contributed by atoms with E-state index in [0.29, 0.717) is 10.6 Å². The summed E-state index contributed by atoms with van der Waals surface area (Å²) in [6, 6.07) is 15.3. The Labute approximate surface area is 150 Å². The molecule has 3 rings (SSSR count). The SMILES string of the molecule is CCOC(=O)C1=NN[C@H](C(=O)c2ccc(Cl)cc2)[C@H]1c1ccccc1. The fourth-order valence-corrected chi connectivity index (χ4v) is 2.96. The van der Waals surface area contributed by atoms with E-state index < -0.39 is 17.9 Å². The fraction of sp³-hybridized carbons (Fsp3) is 0.211. The van der Waals surface area contributed by atoms with Crippen molar-refractivity contribution < 1.29 is 14.3 Å². The number of rotatable bonds is 5. The molecule has 2 aromatic rings. The number of carbonyl (C=O) groups excluding carboxylic acids is 2. The van der Waals surface area contributed by atoms with Gasteiger partial charge in [0.05, 0.1) is 12.5 Å². The van der Waals surface area contributed by atoms with Gasteiger partial charge in [-0.15, -0.1) is 0 Å². The van der Waals surface area contributed by atoms with Crippen LogP contribution >= 0.6 is 11.6 Å². The summed E-state index contributed by atoms with van der Waals surface area (Å²) in [7, 11) is 0. The molecule has 0 fully saturated rings. The van der Waals surface area contributed by atoms with Crippen LogP contribution in [0.15, 0.2) is 59.7 Å². The Balaban J connectivity index is 1.94. The average molecular weight is 357 g/mol. The van der Waals surface area contributed by atoms with Crippen molar-refractivity contribution in [2.75, 3.05) is 6.61 Å². The van der Waals surface area contributed by atoms with E-state index in [9.17, 15) is 9.59 Å². The molecule has 0 bridgehead atoms. The van der Waals surface area contributed by atoms with Crippen LogP contribution in [0.5, 0.6) is 0 Å². The van der Waals surface area contributed by atoms with Crippen LogP contribution in [-0.4, -0.2) is 30.1 Å². The van der Waals surface area contributed by atoms with E-state index in [1.807, 2.05) is 30.3 Å². The van der Waals surface area contributed by atoms with E-state index in [1.54, 1.807) is 31.2 Å². The van der Waals surface area contributed by atoms with E-state index in [0.717, 1.165) is 5.56 Å². The first-order valence-corrected chi connectivity index (χ1v) is 8.34. The van der Waals surface area contributed by atoms with Crippen molar-refractivity contribution in [3.8, 4) is 0 Å². The summed E-state index contributed by atoms with van der Waals surface area (Å²) in [4.78, 5) is 25.2. The third-order valence-electron chi connectivity index (χ3n) is 4.01. The van der Waals surface area contributed by atoms with Gasteiger partial charge in [-0.25, -0.2) is 4.79 Å². The molecule has 1 heterocycles. The number of benzene rings is 2. The highest BCUT2D eigenvalue weighted by Crippen LogP contribution is 2.29. The minimum Gasteiger partial charge on any atom is -0.461 e. The summed E-state index contributed by atoms with van der Waals surface area (Å²) in [5.41, 5.74) is 4.35. The number of Topliss-reactive ketones (excluding diaryl/α,β-unsaturated/α-hetero) is 1. The third kappa shape index (κ3) is 3.56. The molecule has 1 aliphatic rings. The number of hydrogen-bond acceptors (Lipinski definition) is 5. The van der Waals surface area contributed by atoms with Gasteiger partial charge in [0.15, 0.2) is 11.5 Å². The van der Waals surface area contributed by atoms with Gasteiger partial charge in [-0.1, -0.05) is 41.9 Å². The zero-order valence-electron chi connectivity index (χ0n) is 13.6. The maximum absolute atomic E-state index is 12.9. The van der Waals surface area contributed by atoms with E-state index in [2.05, 4.69) is 10.5 Å². The van der Waals surface area contributed by atoms with Crippen LogP contribution in [0.3, 0.4) is 0 Å². The molecule has 1 aliphatic heterocycles. The van der Waals surface area contributed by atoms with Gasteiger partial charge in [0.25, 0.3) is 0 Å². The lowest BCUT2D eigenvalue weighted by atomic mass is 9.84. The van der Waals surface area contributed by atoms with Crippen molar-refractivity contribution in [3.05, 3.63) is 70.7 Å². The average Bonchev–Trinajstić information content (AvgIpc) is 3.08. The Morgan fingerprint density at radius 1 is 1.12 bits per heavy atom. The standard InChI is InChI=1S/C19H17ClN2O3/c1-2-25-19(24)17-15(12-6-4-3-5-7-12)16(21-22-17)18(23)13-8-10-14(20)11-9-13/h3-11,15-16,21H,2H2,1H3/t15-,16+/m1/s1. The van der Waals surface area contributed by atoms with Crippen LogP contribution < -0.4 is 5.43 Å². The van der Waals surface area contributed by atoms with Crippen LogP contribution in [0, 0.1) is 0 Å². The lowest BCUT2D eigenvalue weighted by Gasteiger charge is -2.19.